The predicted molar refractivity (Wildman–Crippen MR) is 123 cm³/mol. The number of ketones is 1. The zero-order valence-electron chi connectivity index (χ0n) is 17.9. The Morgan fingerprint density at radius 2 is 1.71 bits per heavy atom. The summed E-state index contributed by atoms with van der Waals surface area (Å²) in [5.74, 6) is -2.18. The zero-order chi connectivity index (χ0) is 24.5. The van der Waals surface area contributed by atoms with Crippen LogP contribution in [-0.4, -0.2) is 43.5 Å². The number of nitrogens with zero attached hydrogens (tertiary/aromatic N) is 1. The normalized spacial score (nSPS) is 14.7. The topological polar surface area (TPSA) is 111 Å². The quantitative estimate of drug-likeness (QED) is 0.209. The lowest BCUT2D eigenvalue weighted by atomic mass is 10.1. The lowest BCUT2D eigenvalue weighted by Gasteiger charge is -2.15. The van der Waals surface area contributed by atoms with E-state index in [2.05, 4.69) is 0 Å². The van der Waals surface area contributed by atoms with Gasteiger partial charge in [-0.1, -0.05) is 35.9 Å². The zero-order valence-corrected chi connectivity index (χ0v) is 19.4. The SMILES string of the molecule is CCOC(=O)/C(=C\c1ccc(-c2ccccc2Cl)o1)C(=O)CN1C(=O)c2ccccc2S1(=O)=O. The molecule has 0 saturated heterocycles. The third kappa shape index (κ3) is 4.27. The van der Waals surface area contributed by atoms with E-state index in [1.54, 1.807) is 37.3 Å². The lowest BCUT2D eigenvalue weighted by molar-refractivity contribution is -0.139. The lowest BCUT2D eigenvalue weighted by Crippen LogP contribution is -2.36. The molecule has 0 spiro atoms. The van der Waals surface area contributed by atoms with E-state index < -0.39 is 39.8 Å². The van der Waals surface area contributed by atoms with Gasteiger partial charge in [0.25, 0.3) is 15.9 Å². The molecule has 1 aromatic heterocycles. The first-order chi connectivity index (χ1) is 16.2. The molecule has 0 atom stereocenters. The van der Waals surface area contributed by atoms with Gasteiger partial charge in [-0.15, -0.1) is 0 Å². The third-order valence-electron chi connectivity index (χ3n) is 5.05. The van der Waals surface area contributed by atoms with Crippen molar-refractivity contribution >= 4 is 45.4 Å². The van der Waals surface area contributed by atoms with Gasteiger partial charge < -0.3 is 9.15 Å². The van der Waals surface area contributed by atoms with E-state index in [9.17, 15) is 22.8 Å². The van der Waals surface area contributed by atoms with Gasteiger partial charge in [0.15, 0.2) is 5.78 Å². The van der Waals surface area contributed by atoms with Crippen LogP contribution < -0.4 is 0 Å². The van der Waals surface area contributed by atoms with Gasteiger partial charge in [-0.2, -0.15) is 0 Å². The highest BCUT2D eigenvalue weighted by Crippen LogP contribution is 2.31. The van der Waals surface area contributed by atoms with Crippen molar-refractivity contribution in [2.75, 3.05) is 13.2 Å². The van der Waals surface area contributed by atoms with Gasteiger partial charge in [-0.3, -0.25) is 9.59 Å². The fourth-order valence-corrected chi connectivity index (χ4v) is 5.20. The number of halogens is 1. The van der Waals surface area contributed by atoms with Crippen molar-refractivity contribution in [1.82, 2.24) is 4.31 Å². The molecule has 2 heterocycles. The molecule has 0 unspecified atom stereocenters. The van der Waals surface area contributed by atoms with Crippen LogP contribution in [0.4, 0.5) is 0 Å². The van der Waals surface area contributed by atoms with Gasteiger partial charge in [0.1, 0.15) is 28.5 Å². The molecule has 3 aromatic rings. The minimum atomic E-state index is -4.23. The van der Waals surface area contributed by atoms with Gasteiger partial charge >= 0.3 is 5.97 Å². The van der Waals surface area contributed by atoms with E-state index in [4.69, 9.17) is 20.8 Å². The first-order valence-corrected chi connectivity index (χ1v) is 12.0. The van der Waals surface area contributed by atoms with E-state index in [1.165, 1.54) is 30.3 Å². The Morgan fingerprint density at radius 1 is 1.03 bits per heavy atom. The Labute approximate surface area is 200 Å². The van der Waals surface area contributed by atoms with E-state index in [0.717, 1.165) is 6.08 Å². The minimum Gasteiger partial charge on any atom is -0.462 e. The molecule has 1 aliphatic heterocycles. The number of carbonyl (C=O) groups excluding carboxylic acids is 3. The van der Waals surface area contributed by atoms with E-state index in [-0.39, 0.29) is 22.8 Å². The Morgan fingerprint density at radius 3 is 2.38 bits per heavy atom. The summed E-state index contributed by atoms with van der Waals surface area (Å²) in [4.78, 5) is 38.0. The fraction of sp³-hybridized carbons (Fsp3) is 0.125. The number of hydrogen-bond acceptors (Lipinski definition) is 7. The molecule has 10 heteroatoms. The summed E-state index contributed by atoms with van der Waals surface area (Å²) < 4.78 is 36.7. The van der Waals surface area contributed by atoms with Crippen molar-refractivity contribution in [3.05, 3.63) is 82.6 Å². The maximum absolute atomic E-state index is 13.0. The van der Waals surface area contributed by atoms with Gasteiger partial charge in [0.2, 0.25) is 0 Å². The molecule has 8 nitrogen and oxygen atoms in total. The van der Waals surface area contributed by atoms with E-state index in [0.29, 0.717) is 20.7 Å². The van der Waals surface area contributed by atoms with E-state index in [1.807, 2.05) is 0 Å². The maximum Gasteiger partial charge on any atom is 0.341 e. The van der Waals surface area contributed by atoms with Crippen LogP contribution in [-0.2, 0) is 24.3 Å². The van der Waals surface area contributed by atoms with Crippen molar-refractivity contribution in [1.29, 1.82) is 0 Å². The summed E-state index contributed by atoms with van der Waals surface area (Å²) >= 11 is 6.19. The third-order valence-corrected chi connectivity index (χ3v) is 7.16. The van der Waals surface area contributed by atoms with Crippen LogP contribution in [0.25, 0.3) is 17.4 Å². The van der Waals surface area contributed by atoms with Crippen molar-refractivity contribution in [2.24, 2.45) is 0 Å². The van der Waals surface area contributed by atoms with Crippen molar-refractivity contribution in [2.45, 2.75) is 11.8 Å². The summed E-state index contributed by atoms with van der Waals surface area (Å²) in [5.41, 5.74) is 0.118. The summed E-state index contributed by atoms with van der Waals surface area (Å²) in [6.45, 7) is 0.685. The van der Waals surface area contributed by atoms with Crippen molar-refractivity contribution < 1.29 is 32.0 Å². The molecule has 1 aliphatic rings. The second kappa shape index (κ2) is 9.28. The smallest absolute Gasteiger partial charge is 0.341 e. The Bertz CT molecular complexity index is 1440. The molecular formula is C24H18ClNO7S. The molecule has 174 valence electrons. The molecule has 34 heavy (non-hydrogen) atoms. The summed E-state index contributed by atoms with van der Waals surface area (Å²) in [5, 5.41) is 0.450. The number of furan rings is 1. The Hall–Kier alpha value is -3.69. The van der Waals surface area contributed by atoms with E-state index >= 15 is 0 Å². The summed E-state index contributed by atoms with van der Waals surface area (Å²) in [7, 11) is -4.23. The van der Waals surface area contributed by atoms with Gasteiger partial charge in [0, 0.05) is 5.56 Å². The fourth-order valence-electron chi connectivity index (χ4n) is 3.44. The van der Waals surface area contributed by atoms with Gasteiger partial charge in [0.05, 0.1) is 17.2 Å². The molecule has 0 saturated carbocycles. The number of esters is 1. The highest BCUT2D eigenvalue weighted by molar-refractivity contribution is 7.90. The van der Waals surface area contributed by atoms with Gasteiger partial charge in [-0.25, -0.2) is 17.5 Å². The molecule has 0 radical (unpaired) electrons. The van der Waals surface area contributed by atoms with Crippen LogP contribution in [0.1, 0.15) is 23.0 Å². The van der Waals surface area contributed by atoms with Crippen LogP contribution >= 0.6 is 11.6 Å². The molecule has 1 amide bonds. The number of hydrogen-bond donors (Lipinski definition) is 0. The average Bonchev–Trinajstić information content (AvgIpc) is 3.35. The van der Waals surface area contributed by atoms with Crippen LogP contribution in [0.2, 0.25) is 5.02 Å². The monoisotopic (exact) mass is 499 g/mol. The average molecular weight is 500 g/mol. The van der Waals surface area contributed by atoms with Crippen LogP contribution in [0.15, 0.2) is 75.5 Å². The number of amides is 1. The second-order valence-corrected chi connectivity index (χ2v) is 9.43. The number of sulfonamides is 1. The maximum atomic E-state index is 13.0. The molecule has 4 rings (SSSR count). The van der Waals surface area contributed by atoms with Crippen LogP contribution in [0.3, 0.4) is 0 Å². The number of rotatable bonds is 7. The largest absolute Gasteiger partial charge is 0.462 e. The van der Waals surface area contributed by atoms with Gasteiger partial charge in [-0.05, 0) is 49.4 Å². The molecule has 0 fully saturated rings. The van der Waals surface area contributed by atoms with Crippen LogP contribution in [0, 0.1) is 0 Å². The first kappa shape index (κ1) is 23.5. The Kier molecular flexibility index (Phi) is 6.41. The standard InChI is InChI=1S/C24H18ClNO7S/c1-2-32-24(29)18(13-15-11-12-21(33-15)16-7-3-5-9-19(16)25)20(27)14-26-23(28)17-8-4-6-10-22(17)34(26,30)31/h3-13H,2,14H2,1H3/b18-13-. The highest BCUT2D eigenvalue weighted by atomic mass is 35.5. The molecular weight excluding hydrogens is 482 g/mol. The first-order valence-electron chi connectivity index (χ1n) is 10.2. The number of ether oxygens (including phenoxy) is 1. The van der Waals surface area contributed by atoms with Crippen molar-refractivity contribution in [3.8, 4) is 11.3 Å². The summed E-state index contributed by atoms with van der Waals surface area (Å²) in [6.07, 6.45) is 1.15. The molecule has 0 N–H and O–H groups in total. The number of benzene rings is 2. The second-order valence-electron chi connectivity index (χ2n) is 7.20. The molecule has 2 aromatic carbocycles. The predicted octanol–water partition coefficient (Wildman–Crippen LogP) is 3.96. The highest BCUT2D eigenvalue weighted by Gasteiger charge is 2.42. The number of Topliss-reactive ketones (excluding diaryl/α,β-unsaturated/α-hetero) is 1. The Balaban J connectivity index is 1.66. The molecule has 0 bridgehead atoms. The molecule has 0 aliphatic carbocycles. The summed E-state index contributed by atoms with van der Waals surface area (Å²) in [6, 6.07) is 15.8. The number of carbonyl (C=O) groups is 3. The van der Waals surface area contributed by atoms with Crippen molar-refractivity contribution in [3.63, 3.8) is 0 Å². The van der Waals surface area contributed by atoms with Crippen LogP contribution in [0.5, 0.6) is 0 Å². The number of fused-ring (bicyclic) bond motifs is 1. The minimum absolute atomic E-state index is 0.0150.